The lowest BCUT2D eigenvalue weighted by molar-refractivity contribution is 0.0949. The third-order valence-electron chi connectivity index (χ3n) is 3.13. The van der Waals surface area contributed by atoms with Crippen LogP contribution in [0.25, 0.3) is 0 Å². The van der Waals surface area contributed by atoms with Gasteiger partial charge in [-0.3, -0.25) is 14.6 Å². The Labute approximate surface area is 121 Å². The van der Waals surface area contributed by atoms with Gasteiger partial charge in [-0.15, -0.1) is 0 Å². The lowest BCUT2D eigenvalue weighted by Gasteiger charge is -2.06. The van der Waals surface area contributed by atoms with Crippen LogP contribution in [-0.2, 0) is 0 Å². The second-order valence-corrected chi connectivity index (χ2v) is 4.87. The highest BCUT2D eigenvalue weighted by atomic mass is 16.2. The summed E-state index contributed by atoms with van der Waals surface area (Å²) in [5, 5.41) is 5.54. The number of benzene rings is 1. The normalized spacial score (nSPS) is 13.5. The number of rotatable bonds is 4. The zero-order valence-corrected chi connectivity index (χ0v) is 11.2. The van der Waals surface area contributed by atoms with Crippen molar-refractivity contribution in [2.24, 2.45) is 0 Å². The number of carbonyl (C=O) groups excluding carboxylic acids is 2. The fourth-order valence-electron chi connectivity index (χ4n) is 1.82. The molecule has 106 valence electrons. The number of nitrogens with one attached hydrogen (secondary N) is 2. The van der Waals surface area contributed by atoms with Crippen LogP contribution in [0.2, 0.25) is 0 Å². The van der Waals surface area contributed by atoms with Crippen LogP contribution in [-0.4, -0.2) is 27.8 Å². The quantitative estimate of drug-likeness (QED) is 0.892. The van der Waals surface area contributed by atoms with Crippen molar-refractivity contribution in [2.75, 3.05) is 5.32 Å². The van der Waals surface area contributed by atoms with E-state index in [4.69, 9.17) is 0 Å². The Hall–Kier alpha value is -2.76. The van der Waals surface area contributed by atoms with Gasteiger partial charge in [0, 0.05) is 29.6 Å². The first-order chi connectivity index (χ1) is 10.2. The van der Waals surface area contributed by atoms with Gasteiger partial charge in [-0.25, -0.2) is 4.98 Å². The second kappa shape index (κ2) is 5.70. The molecule has 0 atom stereocenters. The molecule has 1 fully saturated rings. The monoisotopic (exact) mass is 282 g/mol. The van der Waals surface area contributed by atoms with Gasteiger partial charge in [-0.2, -0.15) is 0 Å². The van der Waals surface area contributed by atoms with E-state index >= 15 is 0 Å². The van der Waals surface area contributed by atoms with Crippen molar-refractivity contribution in [2.45, 2.75) is 18.9 Å². The molecular weight excluding hydrogens is 268 g/mol. The molecule has 2 amide bonds. The van der Waals surface area contributed by atoms with Crippen molar-refractivity contribution in [3.63, 3.8) is 0 Å². The van der Waals surface area contributed by atoms with Crippen LogP contribution < -0.4 is 10.6 Å². The molecule has 0 saturated heterocycles. The van der Waals surface area contributed by atoms with Gasteiger partial charge in [0.25, 0.3) is 11.8 Å². The van der Waals surface area contributed by atoms with Gasteiger partial charge < -0.3 is 10.6 Å². The second-order valence-electron chi connectivity index (χ2n) is 4.87. The van der Waals surface area contributed by atoms with Crippen molar-refractivity contribution < 1.29 is 9.59 Å². The summed E-state index contributed by atoms with van der Waals surface area (Å²) >= 11 is 0. The first-order valence-electron chi connectivity index (χ1n) is 6.70. The molecule has 3 rings (SSSR count). The molecule has 0 bridgehead atoms. The summed E-state index contributed by atoms with van der Waals surface area (Å²) < 4.78 is 0. The van der Waals surface area contributed by atoms with Crippen LogP contribution in [0.3, 0.4) is 0 Å². The minimum atomic E-state index is -0.287. The Balaban J connectivity index is 1.65. The van der Waals surface area contributed by atoms with Crippen LogP contribution in [0.4, 0.5) is 5.82 Å². The number of hydrogen-bond donors (Lipinski definition) is 2. The van der Waals surface area contributed by atoms with Gasteiger partial charge in [0.15, 0.2) is 5.82 Å². The van der Waals surface area contributed by atoms with Gasteiger partial charge in [0.05, 0.1) is 6.20 Å². The minimum Gasteiger partial charge on any atom is -0.349 e. The molecule has 1 aromatic heterocycles. The topological polar surface area (TPSA) is 84.0 Å². The first kappa shape index (κ1) is 13.2. The van der Waals surface area contributed by atoms with Gasteiger partial charge in [-0.05, 0) is 37.1 Å². The molecule has 0 unspecified atom stereocenters. The van der Waals surface area contributed by atoms with Crippen LogP contribution in [0.1, 0.15) is 33.6 Å². The van der Waals surface area contributed by atoms with Crippen molar-refractivity contribution >= 4 is 17.6 Å². The Morgan fingerprint density at radius 3 is 2.24 bits per heavy atom. The van der Waals surface area contributed by atoms with Crippen molar-refractivity contribution in [3.8, 4) is 0 Å². The zero-order valence-electron chi connectivity index (χ0n) is 11.2. The molecule has 6 heteroatoms. The first-order valence-corrected chi connectivity index (χ1v) is 6.70. The van der Waals surface area contributed by atoms with E-state index in [1.54, 1.807) is 24.3 Å². The molecule has 1 saturated carbocycles. The largest absolute Gasteiger partial charge is 0.349 e. The molecule has 0 aliphatic heterocycles. The van der Waals surface area contributed by atoms with Crippen molar-refractivity contribution in [3.05, 3.63) is 54.0 Å². The zero-order chi connectivity index (χ0) is 14.7. The van der Waals surface area contributed by atoms with Crippen LogP contribution in [0, 0.1) is 0 Å². The lowest BCUT2D eigenvalue weighted by Crippen LogP contribution is -2.25. The number of anilines is 1. The molecule has 1 aliphatic rings. The standard InChI is InChI=1S/C15H14N4O2/c20-14(18-12-5-6-12)10-1-3-11(4-2-10)15(21)19-13-9-16-7-8-17-13/h1-4,7-9,12H,5-6H2,(H,18,20)(H,17,19,21). The summed E-state index contributed by atoms with van der Waals surface area (Å²) in [4.78, 5) is 31.7. The predicted molar refractivity (Wildman–Crippen MR) is 76.9 cm³/mol. The number of carbonyl (C=O) groups is 2. The average molecular weight is 282 g/mol. The highest BCUT2D eigenvalue weighted by Gasteiger charge is 2.23. The fraction of sp³-hybridized carbons (Fsp3) is 0.200. The number of amides is 2. The van der Waals surface area contributed by atoms with Gasteiger partial charge in [-0.1, -0.05) is 0 Å². The maximum Gasteiger partial charge on any atom is 0.256 e. The van der Waals surface area contributed by atoms with E-state index in [2.05, 4.69) is 20.6 Å². The van der Waals surface area contributed by atoms with Gasteiger partial charge in [0.2, 0.25) is 0 Å². The minimum absolute atomic E-state index is 0.0987. The van der Waals surface area contributed by atoms with E-state index in [1.165, 1.54) is 18.6 Å². The van der Waals surface area contributed by atoms with E-state index in [0.29, 0.717) is 23.0 Å². The van der Waals surface area contributed by atoms with E-state index in [9.17, 15) is 9.59 Å². The molecule has 0 spiro atoms. The van der Waals surface area contributed by atoms with E-state index < -0.39 is 0 Å². The van der Waals surface area contributed by atoms with Crippen LogP contribution in [0.5, 0.6) is 0 Å². The Bertz CT molecular complexity index is 651. The molecular formula is C15H14N4O2. The SMILES string of the molecule is O=C(Nc1cnccn1)c1ccc(C(=O)NC2CC2)cc1. The third-order valence-corrected chi connectivity index (χ3v) is 3.13. The molecule has 1 heterocycles. The van der Waals surface area contributed by atoms with E-state index in [1.807, 2.05) is 0 Å². The highest BCUT2D eigenvalue weighted by Crippen LogP contribution is 2.19. The Morgan fingerprint density at radius 1 is 1.00 bits per heavy atom. The lowest BCUT2D eigenvalue weighted by atomic mass is 10.1. The molecule has 6 nitrogen and oxygen atoms in total. The Morgan fingerprint density at radius 2 is 1.67 bits per heavy atom. The molecule has 2 aromatic rings. The van der Waals surface area contributed by atoms with E-state index in [0.717, 1.165) is 12.8 Å². The fourth-order valence-corrected chi connectivity index (χ4v) is 1.82. The van der Waals surface area contributed by atoms with Crippen LogP contribution in [0.15, 0.2) is 42.9 Å². The van der Waals surface area contributed by atoms with E-state index in [-0.39, 0.29) is 11.8 Å². The molecule has 1 aliphatic carbocycles. The third kappa shape index (κ3) is 3.42. The maximum atomic E-state index is 12.0. The van der Waals surface area contributed by atoms with Gasteiger partial charge in [0.1, 0.15) is 0 Å². The number of aromatic nitrogens is 2. The summed E-state index contributed by atoms with van der Waals surface area (Å²) in [5.74, 6) is 0.00101. The molecule has 1 aromatic carbocycles. The Kier molecular flexibility index (Phi) is 3.59. The van der Waals surface area contributed by atoms with Crippen molar-refractivity contribution in [1.82, 2.24) is 15.3 Å². The summed E-state index contributed by atoms with van der Waals surface area (Å²) in [6.45, 7) is 0. The summed E-state index contributed by atoms with van der Waals surface area (Å²) in [6.07, 6.45) is 6.59. The average Bonchev–Trinajstić information content (AvgIpc) is 3.32. The van der Waals surface area contributed by atoms with Crippen molar-refractivity contribution in [1.29, 1.82) is 0 Å². The number of hydrogen-bond acceptors (Lipinski definition) is 4. The predicted octanol–water partition coefficient (Wildman–Crippen LogP) is 1.62. The summed E-state index contributed by atoms with van der Waals surface area (Å²) in [6, 6.07) is 6.84. The van der Waals surface area contributed by atoms with Gasteiger partial charge >= 0.3 is 0 Å². The summed E-state index contributed by atoms with van der Waals surface area (Å²) in [7, 11) is 0. The maximum absolute atomic E-state index is 12.0. The molecule has 21 heavy (non-hydrogen) atoms. The van der Waals surface area contributed by atoms with Crippen LogP contribution >= 0.6 is 0 Å². The summed E-state index contributed by atoms with van der Waals surface area (Å²) in [5.41, 5.74) is 1.02. The smallest absolute Gasteiger partial charge is 0.256 e. The number of nitrogens with zero attached hydrogens (tertiary/aromatic N) is 2. The molecule has 0 radical (unpaired) electrons. The molecule has 2 N–H and O–H groups in total. The highest BCUT2D eigenvalue weighted by molar-refractivity contribution is 6.04.